The van der Waals surface area contributed by atoms with E-state index in [0.29, 0.717) is 5.56 Å². The highest BCUT2D eigenvalue weighted by atomic mass is 19.1. The Morgan fingerprint density at radius 2 is 2.06 bits per heavy atom. The number of hydrogen-bond donors (Lipinski definition) is 0. The number of esters is 1. The fourth-order valence-corrected chi connectivity index (χ4v) is 1.27. The minimum atomic E-state index is -0.882. The van der Waals surface area contributed by atoms with Gasteiger partial charge in [0, 0.05) is 5.56 Å². The predicted octanol–water partition coefficient (Wildman–Crippen LogP) is 2.27. The van der Waals surface area contributed by atoms with Crippen molar-refractivity contribution in [1.82, 2.24) is 5.16 Å². The highest BCUT2D eigenvalue weighted by Crippen LogP contribution is 2.23. The molecule has 0 amide bonds. The minimum absolute atomic E-state index is 0.000926. The van der Waals surface area contributed by atoms with Gasteiger partial charge in [-0.1, -0.05) is 35.5 Å². The average Bonchev–Trinajstić information content (AvgIpc) is 2.71. The number of carbonyl (C=O) groups is 1. The van der Waals surface area contributed by atoms with Crippen LogP contribution in [0.15, 0.2) is 34.9 Å². The molecular formula is C11H8FNO3. The molecule has 0 bridgehead atoms. The number of benzene rings is 1. The molecule has 0 radical (unpaired) electrons. The van der Waals surface area contributed by atoms with Crippen LogP contribution in [0.2, 0.25) is 0 Å². The van der Waals surface area contributed by atoms with Crippen molar-refractivity contribution >= 4 is 5.97 Å². The third-order valence-electron chi connectivity index (χ3n) is 2.05. The van der Waals surface area contributed by atoms with E-state index in [-0.39, 0.29) is 5.69 Å². The second-order valence-corrected chi connectivity index (χ2v) is 3.03. The van der Waals surface area contributed by atoms with Gasteiger partial charge in [0.2, 0.25) is 5.82 Å². The maximum absolute atomic E-state index is 13.7. The summed E-state index contributed by atoms with van der Waals surface area (Å²) in [5.74, 6) is -2.20. The highest BCUT2D eigenvalue weighted by Gasteiger charge is 2.23. The van der Waals surface area contributed by atoms with Crippen LogP contribution in [-0.4, -0.2) is 18.2 Å². The summed E-state index contributed by atoms with van der Waals surface area (Å²) in [5, 5.41) is 3.50. The van der Waals surface area contributed by atoms with E-state index < -0.39 is 17.5 Å². The molecule has 0 unspecified atom stereocenters. The van der Waals surface area contributed by atoms with E-state index in [0.717, 1.165) is 7.11 Å². The summed E-state index contributed by atoms with van der Waals surface area (Å²) in [6.07, 6.45) is 0. The summed E-state index contributed by atoms with van der Waals surface area (Å²) in [6.45, 7) is 0. The van der Waals surface area contributed by atoms with E-state index in [1.165, 1.54) is 0 Å². The molecule has 0 N–H and O–H groups in total. The molecule has 0 saturated heterocycles. The largest absolute Gasteiger partial charge is 0.463 e. The number of carbonyl (C=O) groups excluding carboxylic acids is 1. The van der Waals surface area contributed by atoms with Crippen LogP contribution >= 0.6 is 0 Å². The molecule has 0 aliphatic heterocycles. The Hall–Kier alpha value is -2.17. The van der Waals surface area contributed by atoms with E-state index in [1.54, 1.807) is 30.3 Å². The summed E-state index contributed by atoms with van der Waals surface area (Å²) < 4.78 is 22.7. The third-order valence-corrected chi connectivity index (χ3v) is 2.05. The number of hydrogen-bond acceptors (Lipinski definition) is 4. The van der Waals surface area contributed by atoms with Crippen LogP contribution < -0.4 is 0 Å². The monoisotopic (exact) mass is 221 g/mol. The smallest absolute Gasteiger partial charge is 0.380 e. The first-order valence-electron chi connectivity index (χ1n) is 4.53. The fraction of sp³-hybridized carbons (Fsp3) is 0.0909. The number of rotatable bonds is 2. The van der Waals surface area contributed by atoms with Crippen molar-refractivity contribution in [3.8, 4) is 11.3 Å². The van der Waals surface area contributed by atoms with Crippen molar-refractivity contribution in [3.63, 3.8) is 0 Å². The summed E-state index contributed by atoms with van der Waals surface area (Å²) >= 11 is 0. The number of methoxy groups -OCH3 is 1. The van der Waals surface area contributed by atoms with E-state index in [9.17, 15) is 9.18 Å². The Bertz CT molecular complexity index is 507. The second-order valence-electron chi connectivity index (χ2n) is 3.03. The van der Waals surface area contributed by atoms with Gasteiger partial charge in [0.05, 0.1) is 7.11 Å². The molecule has 16 heavy (non-hydrogen) atoms. The third kappa shape index (κ3) is 1.67. The standard InChI is InChI=1S/C11H8FNO3/c1-15-11(14)10-8(12)9(13-16-10)7-5-3-2-4-6-7/h2-6H,1H3. The average molecular weight is 221 g/mol. The van der Waals surface area contributed by atoms with Gasteiger partial charge in [-0.2, -0.15) is 4.39 Å². The molecule has 1 heterocycles. The van der Waals surface area contributed by atoms with Gasteiger partial charge in [-0.25, -0.2) is 4.79 Å². The van der Waals surface area contributed by atoms with Crippen molar-refractivity contribution < 1.29 is 18.4 Å². The zero-order valence-corrected chi connectivity index (χ0v) is 8.44. The van der Waals surface area contributed by atoms with Gasteiger partial charge in [-0.05, 0) is 0 Å². The van der Waals surface area contributed by atoms with Crippen LogP contribution in [0.3, 0.4) is 0 Å². The lowest BCUT2D eigenvalue weighted by atomic mass is 10.1. The SMILES string of the molecule is COC(=O)c1onc(-c2ccccc2)c1F. The zero-order chi connectivity index (χ0) is 11.5. The molecular weight excluding hydrogens is 213 g/mol. The van der Waals surface area contributed by atoms with Crippen LogP contribution in [0.25, 0.3) is 11.3 Å². The van der Waals surface area contributed by atoms with E-state index >= 15 is 0 Å². The maximum atomic E-state index is 13.7. The Balaban J connectivity index is 2.45. The first-order valence-corrected chi connectivity index (χ1v) is 4.53. The van der Waals surface area contributed by atoms with Gasteiger partial charge in [-0.3, -0.25) is 0 Å². The summed E-state index contributed by atoms with van der Waals surface area (Å²) in [6, 6.07) is 8.61. The van der Waals surface area contributed by atoms with Crippen molar-refractivity contribution in [3.05, 3.63) is 41.9 Å². The molecule has 2 aromatic rings. The van der Waals surface area contributed by atoms with Gasteiger partial charge < -0.3 is 9.26 Å². The normalized spacial score (nSPS) is 10.1. The Morgan fingerprint density at radius 1 is 1.38 bits per heavy atom. The highest BCUT2D eigenvalue weighted by molar-refractivity contribution is 5.87. The van der Waals surface area contributed by atoms with Crippen LogP contribution in [0.5, 0.6) is 0 Å². The van der Waals surface area contributed by atoms with Crippen molar-refractivity contribution in [1.29, 1.82) is 0 Å². The van der Waals surface area contributed by atoms with Crippen LogP contribution in [0, 0.1) is 5.82 Å². The van der Waals surface area contributed by atoms with Crippen LogP contribution in [0.4, 0.5) is 4.39 Å². The van der Waals surface area contributed by atoms with Crippen molar-refractivity contribution in [2.45, 2.75) is 0 Å². The quantitative estimate of drug-likeness (QED) is 0.730. The van der Waals surface area contributed by atoms with Gasteiger partial charge in [0.1, 0.15) is 0 Å². The molecule has 0 spiro atoms. The topological polar surface area (TPSA) is 52.3 Å². The Morgan fingerprint density at radius 3 is 2.69 bits per heavy atom. The van der Waals surface area contributed by atoms with Gasteiger partial charge in [0.25, 0.3) is 5.76 Å². The molecule has 5 heteroatoms. The van der Waals surface area contributed by atoms with Crippen molar-refractivity contribution in [2.75, 3.05) is 7.11 Å². The van der Waals surface area contributed by atoms with E-state index in [2.05, 4.69) is 14.4 Å². The number of ether oxygens (including phenoxy) is 1. The summed E-state index contributed by atoms with van der Waals surface area (Å²) in [7, 11) is 1.15. The van der Waals surface area contributed by atoms with Crippen molar-refractivity contribution in [2.24, 2.45) is 0 Å². The first kappa shape index (κ1) is 10.4. The van der Waals surface area contributed by atoms with Gasteiger partial charge >= 0.3 is 5.97 Å². The number of halogens is 1. The molecule has 1 aromatic heterocycles. The Labute approximate surface area is 90.6 Å². The van der Waals surface area contributed by atoms with Gasteiger partial charge in [0.15, 0.2) is 5.69 Å². The molecule has 0 fully saturated rings. The summed E-state index contributed by atoms with van der Waals surface area (Å²) in [5.41, 5.74) is 0.542. The summed E-state index contributed by atoms with van der Waals surface area (Å²) in [4.78, 5) is 11.1. The molecule has 82 valence electrons. The fourth-order valence-electron chi connectivity index (χ4n) is 1.27. The maximum Gasteiger partial charge on any atom is 0.380 e. The number of aromatic nitrogens is 1. The van der Waals surface area contributed by atoms with Crippen LogP contribution in [-0.2, 0) is 4.74 Å². The molecule has 0 saturated carbocycles. The van der Waals surface area contributed by atoms with Gasteiger partial charge in [-0.15, -0.1) is 0 Å². The lowest BCUT2D eigenvalue weighted by Gasteiger charge is -1.94. The lowest BCUT2D eigenvalue weighted by molar-refractivity contribution is 0.0547. The molecule has 2 rings (SSSR count). The molecule has 4 nitrogen and oxygen atoms in total. The minimum Gasteiger partial charge on any atom is -0.463 e. The molecule has 0 atom stereocenters. The first-order chi connectivity index (χ1) is 7.74. The lowest BCUT2D eigenvalue weighted by Crippen LogP contribution is -2.01. The molecule has 0 aliphatic carbocycles. The predicted molar refractivity (Wildman–Crippen MR) is 53.2 cm³/mol. The molecule has 1 aromatic carbocycles. The molecule has 0 aliphatic rings. The van der Waals surface area contributed by atoms with E-state index in [1.807, 2.05) is 0 Å². The van der Waals surface area contributed by atoms with E-state index in [4.69, 9.17) is 0 Å². The zero-order valence-electron chi connectivity index (χ0n) is 8.44. The second kappa shape index (κ2) is 4.14. The van der Waals surface area contributed by atoms with Crippen LogP contribution in [0.1, 0.15) is 10.6 Å². The number of nitrogens with zero attached hydrogens (tertiary/aromatic N) is 1. The Kier molecular flexibility index (Phi) is 2.68.